The lowest BCUT2D eigenvalue weighted by Crippen LogP contribution is -2.39. The van der Waals surface area contributed by atoms with Gasteiger partial charge in [-0.15, -0.1) is 0 Å². The Bertz CT molecular complexity index is 1150. The van der Waals surface area contributed by atoms with Crippen molar-refractivity contribution in [3.05, 3.63) is 82.8 Å². The number of hydrogen-bond donors (Lipinski definition) is 1. The first-order valence-electron chi connectivity index (χ1n) is 9.15. The highest BCUT2D eigenvalue weighted by atomic mass is 35.5. The molecule has 29 heavy (non-hydrogen) atoms. The summed E-state index contributed by atoms with van der Waals surface area (Å²) in [7, 11) is -3.63. The minimum Gasteiger partial charge on any atom is -0.440 e. The minimum atomic E-state index is -3.63. The fourth-order valence-electron chi connectivity index (χ4n) is 3.34. The SMILES string of the molecule is NS(=O)(=O)N1CC=C(c2ccc(-c3cnc(Cc4cccc(Cl)c4)o3)cc2)CC1. The molecule has 0 saturated carbocycles. The van der Waals surface area contributed by atoms with Gasteiger partial charge < -0.3 is 4.42 Å². The average Bonchev–Trinajstić information content (AvgIpc) is 3.16. The number of benzene rings is 2. The van der Waals surface area contributed by atoms with E-state index in [0.717, 1.165) is 22.3 Å². The lowest BCUT2D eigenvalue weighted by molar-refractivity contribution is 0.442. The van der Waals surface area contributed by atoms with Crippen molar-refractivity contribution >= 4 is 27.4 Å². The lowest BCUT2D eigenvalue weighted by Gasteiger charge is -2.23. The molecule has 1 aliphatic rings. The van der Waals surface area contributed by atoms with E-state index in [1.54, 1.807) is 6.20 Å². The summed E-state index contributed by atoms with van der Waals surface area (Å²) in [6.07, 6.45) is 4.83. The maximum atomic E-state index is 11.4. The van der Waals surface area contributed by atoms with Crippen LogP contribution in [0, 0.1) is 0 Å². The van der Waals surface area contributed by atoms with Gasteiger partial charge >= 0.3 is 0 Å². The highest BCUT2D eigenvalue weighted by Crippen LogP contribution is 2.27. The van der Waals surface area contributed by atoms with E-state index in [2.05, 4.69) is 4.98 Å². The molecule has 6 nitrogen and oxygen atoms in total. The molecule has 0 unspecified atom stereocenters. The summed E-state index contributed by atoms with van der Waals surface area (Å²) in [6.45, 7) is 0.687. The molecule has 0 saturated heterocycles. The van der Waals surface area contributed by atoms with Crippen LogP contribution < -0.4 is 5.14 Å². The van der Waals surface area contributed by atoms with Crippen LogP contribution >= 0.6 is 11.6 Å². The van der Waals surface area contributed by atoms with Crippen molar-refractivity contribution < 1.29 is 12.8 Å². The third-order valence-corrected chi connectivity index (χ3v) is 6.16. The molecule has 8 heteroatoms. The van der Waals surface area contributed by atoms with Crippen molar-refractivity contribution in [1.82, 2.24) is 9.29 Å². The smallest absolute Gasteiger partial charge is 0.277 e. The highest BCUT2D eigenvalue weighted by molar-refractivity contribution is 7.86. The van der Waals surface area contributed by atoms with Gasteiger partial charge in [0.2, 0.25) is 0 Å². The zero-order valence-electron chi connectivity index (χ0n) is 15.6. The normalized spacial score (nSPS) is 15.3. The van der Waals surface area contributed by atoms with Crippen LogP contribution in [0.3, 0.4) is 0 Å². The molecular formula is C21H20ClN3O3S. The molecule has 0 atom stereocenters. The fourth-order valence-corrected chi connectivity index (χ4v) is 4.18. The average molecular weight is 430 g/mol. The van der Waals surface area contributed by atoms with Crippen molar-refractivity contribution in [1.29, 1.82) is 0 Å². The van der Waals surface area contributed by atoms with Crippen molar-refractivity contribution in [2.75, 3.05) is 13.1 Å². The Balaban J connectivity index is 1.46. The Morgan fingerprint density at radius 2 is 1.90 bits per heavy atom. The Morgan fingerprint density at radius 1 is 1.14 bits per heavy atom. The standard InChI is InChI=1S/C21H20ClN3O3S/c22-19-3-1-2-15(12-19)13-21-24-14-20(28-21)18-6-4-16(5-7-18)17-8-10-25(11-9-17)29(23,26)27/h1-8,12,14H,9-11,13H2,(H2,23,26,27). The molecule has 2 heterocycles. The van der Waals surface area contributed by atoms with Crippen LogP contribution in [0.5, 0.6) is 0 Å². The van der Waals surface area contributed by atoms with Gasteiger partial charge in [-0.05, 0) is 35.3 Å². The number of nitrogens with zero attached hydrogens (tertiary/aromatic N) is 2. The third-order valence-electron chi connectivity index (χ3n) is 4.87. The van der Waals surface area contributed by atoms with E-state index in [-0.39, 0.29) is 0 Å². The number of nitrogens with two attached hydrogens (primary N) is 1. The van der Waals surface area contributed by atoms with E-state index >= 15 is 0 Å². The third kappa shape index (κ3) is 4.76. The number of rotatable bonds is 5. The van der Waals surface area contributed by atoms with Crippen molar-refractivity contribution in [2.24, 2.45) is 5.14 Å². The summed E-state index contributed by atoms with van der Waals surface area (Å²) in [5.41, 5.74) is 4.14. The van der Waals surface area contributed by atoms with Gasteiger partial charge in [0.1, 0.15) is 0 Å². The van der Waals surface area contributed by atoms with Gasteiger partial charge in [-0.25, -0.2) is 10.1 Å². The Morgan fingerprint density at radius 3 is 2.55 bits per heavy atom. The van der Waals surface area contributed by atoms with Crippen LogP contribution in [0.25, 0.3) is 16.9 Å². The molecular weight excluding hydrogens is 410 g/mol. The van der Waals surface area contributed by atoms with E-state index in [9.17, 15) is 8.42 Å². The molecule has 0 radical (unpaired) electrons. The van der Waals surface area contributed by atoms with Gasteiger partial charge in [0.15, 0.2) is 11.7 Å². The van der Waals surface area contributed by atoms with Gasteiger partial charge in [0, 0.05) is 30.1 Å². The maximum absolute atomic E-state index is 11.4. The number of aromatic nitrogens is 1. The van der Waals surface area contributed by atoms with Crippen molar-refractivity contribution in [2.45, 2.75) is 12.8 Å². The zero-order valence-corrected chi connectivity index (χ0v) is 17.2. The van der Waals surface area contributed by atoms with E-state index < -0.39 is 10.2 Å². The highest BCUT2D eigenvalue weighted by Gasteiger charge is 2.20. The molecule has 0 spiro atoms. The second-order valence-corrected chi connectivity index (χ2v) is 8.87. The molecule has 2 N–H and O–H groups in total. The monoisotopic (exact) mass is 429 g/mol. The summed E-state index contributed by atoms with van der Waals surface area (Å²) < 4.78 is 30.0. The largest absolute Gasteiger partial charge is 0.440 e. The molecule has 0 fully saturated rings. The van der Waals surface area contributed by atoms with Crippen LogP contribution in [0.15, 0.2) is 65.2 Å². The molecule has 150 valence electrons. The van der Waals surface area contributed by atoms with Gasteiger partial charge in [-0.2, -0.15) is 12.7 Å². The number of halogens is 1. The molecule has 0 bridgehead atoms. The molecule has 1 aromatic heterocycles. The van der Waals surface area contributed by atoms with Gasteiger partial charge in [0.05, 0.1) is 6.20 Å². The zero-order chi connectivity index (χ0) is 20.4. The Kier molecular flexibility index (Phi) is 5.56. The van der Waals surface area contributed by atoms with Crippen LogP contribution in [0.4, 0.5) is 0 Å². The topological polar surface area (TPSA) is 89.4 Å². The van der Waals surface area contributed by atoms with Crippen molar-refractivity contribution in [3.8, 4) is 11.3 Å². The maximum Gasteiger partial charge on any atom is 0.277 e. The molecule has 3 aromatic rings. The first kappa shape index (κ1) is 19.8. The molecule has 0 amide bonds. The summed E-state index contributed by atoms with van der Waals surface area (Å²) in [6, 6.07) is 15.6. The summed E-state index contributed by atoms with van der Waals surface area (Å²) in [5.74, 6) is 1.33. The van der Waals surface area contributed by atoms with E-state index in [1.165, 1.54) is 4.31 Å². The van der Waals surface area contributed by atoms with Gasteiger partial charge in [0.25, 0.3) is 10.2 Å². The quantitative estimate of drug-likeness (QED) is 0.666. The first-order valence-corrected chi connectivity index (χ1v) is 11.0. The van der Waals surface area contributed by atoms with Crippen LogP contribution in [0.1, 0.15) is 23.4 Å². The minimum absolute atomic E-state index is 0.297. The molecule has 0 aliphatic carbocycles. The molecule has 4 rings (SSSR count). The van der Waals surface area contributed by atoms with Crippen LogP contribution in [0.2, 0.25) is 5.02 Å². The van der Waals surface area contributed by atoms with Crippen LogP contribution in [-0.4, -0.2) is 30.8 Å². The van der Waals surface area contributed by atoms with E-state index in [1.807, 2.05) is 54.6 Å². The molecule has 2 aromatic carbocycles. The predicted octanol–water partition coefficient (Wildman–Crippen LogP) is 3.88. The second kappa shape index (κ2) is 8.12. The van der Waals surface area contributed by atoms with Gasteiger partial charge in [-0.1, -0.05) is 54.1 Å². The van der Waals surface area contributed by atoms with Crippen LogP contribution in [-0.2, 0) is 16.6 Å². The summed E-state index contributed by atoms with van der Waals surface area (Å²) >= 11 is 6.03. The summed E-state index contributed by atoms with van der Waals surface area (Å²) in [4.78, 5) is 4.37. The summed E-state index contributed by atoms with van der Waals surface area (Å²) in [5, 5.41) is 5.87. The lowest BCUT2D eigenvalue weighted by atomic mass is 9.99. The second-order valence-electron chi connectivity index (χ2n) is 6.88. The van der Waals surface area contributed by atoms with Gasteiger partial charge in [-0.3, -0.25) is 0 Å². The molecule has 1 aliphatic heterocycles. The number of hydrogen-bond acceptors (Lipinski definition) is 4. The fraction of sp³-hybridized carbons (Fsp3) is 0.190. The Hall–Kier alpha value is -2.45. The van der Waals surface area contributed by atoms with E-state index in [4.69, 9.17) is 21.2 Å². The number of oxazole rings is 1. The van der Waals surface area contributed by atoms with E-state index in [0.29, 0.717) is 42.6 Å². The van der Waals surface area contributed by atoms with Crippen molar-refractivity contribution in [3.63, 3.8) is 0 Å². The Labute approximate surface area is 174 Å². The first-order chi connectivity index (χ1) is 13.9. The predicted molar refractivity (Wildman–Crippen MR) is 113 cm³/mol.